The molecule has 0 bridgehead atoms. The summed E-state index contributed by atoms with van der Waals surface area (Å²) in [6, 6.07) is 11.7. The highest BCUT2D eigenvalue weighted by atomic mass is 35.5. The average molecular weight is 410 g/mol. The van der Waals surface area contributed by atoms with Gasteiger partial charge in [0.05, 0.1) is 22.3 Å². The zero-order valence-corrected chi connectivity index (χ0v) is 17.3. The van der Waals surface area contributed by atoms with Crippen LogP contribution in [0.15, 0.2) is 36.4 Å². The van der Waals surface area contributed by atoms with E-state index in [2.05, 4.69) is 15.7 Å². The van der Waals surface area contributed by atoms with Crippen LogP contribution in [0, 0.1) is 6.92 Å². The molecular formula is C19H25Cl2N5O. The van der Waals surface area contributed by atoms with E-state index >= 15 is 0 Å². The molecule has 2 N–H and O–H groups in total. The first-order valence-corrected chi connectivity index (χ1v) is 8.44. The Labute approximate surface area is 171 Å². The van der Waals surface area contributed by atoms with E-state index in [0.29, 0.717) is 12.1 Å². The van der Waals surface area contributed by atoms with Crippen molar-refractivity contribution in [2.75, 3.05) is 20.1 Å². The van der Waals surface area contributed by atoms with Crippen molar-refractivity contribution >= 4 is 41.8 Å². The van der Waals surface area contributed by atoms with Crippen molar-refractivity contribution < 1.29 is 4.79 Å². The lowest BCUT2D eigenvalue weighted by Gasteiger charge is -2.09. The standard InChI is InChI=1S/C19H23N5O.2ClH/c1-13-17-15(19(25)21-11-7-10-20-2)12-16(14-8-5-4-6-9-14)22-18(17)24(3)23-13;;/h4-6,8-9,12,20H,7,10-11H2,1-3H3,(H,21,25);2*1H. The van der Waals surface area contributed by atoms with Crippen molar-refractivity contribution in [3.63, 3.8) is 0 Å². The summed E-state index contributed by atoms with van der Waals surface area (Å²) in [6.07, 6.45) is 0.883. The minimum absolute atomic E-state index is 0. The van der Waals surface area contributed by atoms with Crippen molar-refractivity contribution in [1.29, 1.82) is 0 Å². The molecule has 0 aliphatic rings. The number of nitrogens with one attached hydrogen (secondary N) is 2. The quantitative estimate of drug-likeness (QED) is 0.613. The van der Waals surface area contributed by atoms with E-state index in [1.165, 1.54) is 0 Å². The number of aromatic nitrogens is 3. The van der Waals surface area contributed by atoms with Crippen LogP contribution in [0.2, 0.25) is 0 Å². The molecule has 1 aromatic carbocycles. The van der Waals surface area contributed by atoms with Gasteiger partial charge in [-0.05, 0) is 33.0 Å². The molecule has 0 aliphatic heterocycles. The van der Waals surface area contributed by atoms with Crippen LogP contribution in [0.4, 0.5) is 0 Å². The molecule has 8 heteroatoms. The predicted molar refractivity (Wildman–Crippen MR) is 114 cm³/mol. The van der Waals surface area contributed by atoms with E-state index in [-0.39, 0.29) is 30.7 Å². The van der Waals surface area contributed by atoms with Crippen molar-refractivity contribution in [3.8, 4) is 11.3 Å². The Morgan fingerprint density at radius 2 is 1.85 bits per heavy atom. The van der Waals surface area contributed by atoms with Crippen LogP contribution in [-0.2, 0) is 7.05 Å². The molecule has 146 valence electrons. The lowest BCUT2D eigenvalue weighted by molar-refractivity contribution is 0.0955. The number of amides is 1. The molecule has 0 unspecified atom stereocenters. The first-order valence-electron chi connectivity index (χ1n) is 8.44. The number of benzene rings is 1. The van der Waals surface area contributed by atoms with Crippen molar-refractivity contribution in [2.45, 2.75) is 13.3 Å². The highest BCUT2D eigenvalue weighted by molar-refractivity contribution is 6.07. The maximum absolute atomic E-state index is 12.8. The molecule has 3 rings (SSSR count). The Morgan fingerprint density at radius 3 is 2.52 bits per heavy atom. The van der Waals surface area contributed by atoms with Gasteiger partial charge in [0.25, 0.3) is 5.91 Å². The Kier molecular flexibility index (Phi) is 8.69. The molecule has 0 saturated carbocycles. The highest BCUT2D eigenvalue weighted by Crippen LogP contribution is 2.26. The summed E-state index contributed by atoms with van der Waals surface area (Å²) < 4.78 is 1.73. The molecule has 2 heterocycles. The summed E-state index contributed by atoms with van der Waals surface area (Å²) in [4.78, 5) is 17.5. The average Bonchev–Trinajstić information content (AvgIpc) is 2.93. The van der Waals surface area contributed by atoms with Crippen LogP contribution < -0.4 is 10.6 Å². The molecule has 0 radical (unpaired) electrons. The molecule has 0 aliphatic carbocycles. The van der Waals surface area contributed by atoms with Crippen LogP contribution in [0.3, 0.4) is 0 Å². The van der Waals surface area contributed by atoms with Crippen LogP contribution >= 0.6 is 24.8 Å². The fraction of sp³-hybridized carbons (Fsp3) is 0.316. The summed E-state index contributed by atoms with van der Waals surface area (Å²) >= 11 is 0. The Bertz CT molecular complexity index is 896. The molecule has 0 saturated heterocycles. The van der Waals surface area contributed by atoms with E-state index in [0.717, 1.165) is 41.0 Å². The molecule has 3 aromatic rings. The maximum Gasteiger partial charge on any atom is 0.252 e. The van der Waals surface area contributed by atoms with E-state index in [1.807, 2.05) is 57.4 Å². The van der Waals surface area contributed by atoms with Crippen LogP contribution in [0.25, 0.3) is 22.3 Å². The third kappa shape index (κ3) is 4.97. The summed E-state index contributed by atoms with van der Waals surface area (Å²) in [7, 11) is 3.76. The summed E-state index contributed by atoms with van der Waals surface area (Å²) in [6.45, 7) is 3.40. The minimum Gasteiger partial charge on any atom is -0.352 e. The largest absolute Gasteiger partial charge is 0.352 e. The van der Waals surface area contributed by atoms with Crippen LogP contribution in [0.5, 0.6) is 0 Å². The zero-order chi connectivity index (χ0) is 17.8. The minimum atomic E-state index is -0.0863. The van der Waals surface area contributed by atoms with Gasteiger partial charge < -0.3 is 10.6 Å². The van der Waals surface area contributed by atoms with Gasteiger partial charge in [0.1, 0.15) is 0 Å². The number of carbonyl (C=O) groups excluding carboxylic acids is 1. The number of pyridine rings is 1. The number of hydrogen-bond donors (Lipinski definition) is 2. The number of nitrogens with zero attached hydrogens (tertiary/aromatic N) is 3. The van der Waals surface area contributed by atoms with Gasteiger partial charge in [-0.3, -0.25) is 9.48 Å². The molecule has 0 spiro atoms. The molecule has 0 fully saturated rings. The van der Waals surface area contributed by atoms with Crippen LogP contribution in [-0.4, -0.2) is 40.8 Å². The summed E-state index contributed by atoms with van der Waals surface area (Å²) in [5, 5.41) is 11.3. The number of carbonyl (C=O) groups is 1. The van der Waals surface area contributed by atoms with Crippen molar-refractivity contribution in [3.05, 3.63) is 47.7 Å². The van der Waals surface area contributed by atoms with Crippen molar-refractivity contribution in [2.24, 2.45) is 7.05 Å². The highest BCUT2D eigenvalue weighted by Gasteiger charge is 2.18. The van der Waals surface area contributed by atoms with Gasteiger partial charge in [-0.1, -0.05) is 30.3 Å². The zero-order valence-electron chi connectivity index (χ0n) is 15.7. The Balaban J connectivity index is 0.00000182. The first-order chi connectivity index (χ1) is 12.1. The molecule has 0 atom stereocenters. The number of aryl methyl sites for hydroxylation is 2. The molecule has 27 heavy (non-hydrogen) atoms. The van der Waals surface area contributed by atoms with Gasteiger partial charge in [-0.25, -0.2) is 4.98 Å². The number of hydrogen-bond acceptors (Lipinski definition) is 4. The number of fused-ring (bicyclic) bond motifs is 1. The van der Waals surface area contributed by atoms with Gasteiger partial charge in [0.15, 0.2) is 5.65 Å². The predicted octanol–water partition coefficient (Wildman–Crippen LogP) is 3.13. The second kappa shape index (κ2) is 10.3. The van der Waals surface area contributed by atoms with Gasteiger partial charge in [0, 0.05) is 19.2 Å². The van der Waals surface area contributed by atoms with Gasteiger partial charge in [-0.2, -0.15) is 5.10 Å². The smallest absolute Gasteiger partial charge is 0.252 e. The summed E-state index contributed by atoms with van der Waals surface area (Å²) in [5.74, 6) is -0.0863. The third-order valence-corrected chi connectivity index (χ3v) is 4.17. The van der Waals surface area contributed by atoms with Gasteiger partial charge >= 0.3 is 0 Å². The van der Waals surface area contributed by atoms with Crippen LogP contribution in [0.1, 0.15) is 22.5 Å². The monoisotopic (exact) mass is 409 g/mol. The molecular weight excluding hydrogens is 385 g/mol. The summed E-state index contributed by atoms with van der Waals surface area (Å²) in [5.41, 5.74) is 3.91. The fourth-order valence-corrected chi connectivity index (χ4v) is 2.94. The van der Waals surface area contributed by atoms with Crippen molar-refractivity contribution in [1.82, 2.24) is 25.4 Å². The Hall–Kier alpha value is -2.15. The fourth-order valence-electron chi connectivity index (χ4n) is 2.94. The second-order valence-corrected chi connectivity index (χ2v) is 6.04. The third-order valence-electron chi connectivity index (χ3n) is 4.17. The lowest BCUT2D eigenvalue weighted by Crippen LogP contribution is -2.27. The van der Waals surface area contributed by atoms with Gasteiger partial charge in [-0.15, -0.1) is 24.8 Å². The molecule has 2 aromatic heterocycles. The topological polar surface area (TPSA) is 71.8 Å². The molecule has 6 nitrogen and oxygen atoms in total. The maximum atomic E-state index is 12.8. The van der Waals surface area contributed by atoms with E-state index < -0.39 is 0 Å². The first kappa shape index (κ1) is 22.9. The van der Waals surface area contributed by atoms with E-state index in [4.69, 9.17) is 4.98 Å². The number of halogens is 2. The SMILES string of the molecule is CNCCCNC(=O)c1cc(-c2ccccc2)nc2c1c(C)nn2C.Cl.Cl. The lowest BCUT2D eigenvalue weighted by atomic mass is 10.0. The van der Waals surface area contributed by atoms with E-state index in [9.17, 15) is 4.79 Å². The second-order valence-electron chi connectivity index (χ2n) is 6.04. The normalized spacial score (nSPS) is 10.2. The number of rotatable bonds is 6. The molecule has 1 amide bonds. The van der Waals surface area contributed by atoms with E-state index in [1.54, 1.807) is 4.68 Å². The van der Waals surface area contributed by atoms with Gasteiger partial charge in [0.2, 0.25) is 0 Å². The Morgan fingerprint density at radius 1 is 1.15 bits per heavy atom.